The van der Waals surface area contributed by atoms with E-state index in [-0.39, 0.29) is 38.9 Å². The van der Waals surface area contributed by atoms with Gasteiger partial charge in [-0.2, -0.15) is 0 Å². The summed E-state index contributed by atoms with van der Waals surface area (Å²) in [6, 6.07) is 19.2. The molecule has 27 heavy (non-hydrogen) atoms. The molecule has 5 nitrogen and oxygen atoms in total. The Bertz CT molecular complexity index is 1160. The predicted octanol–water partition coefficient (Wildman–Crippen LogP) is 3.42. The Hall–Kier alpha value is -3.25. The fourth-order valence-electron chi connectivity index (χ4n) is 3.02. The van der Waals surface area contributed by atoms with E-state index in [2.05, 4.69) is 0 Å². The Morgan fingerprint density at radius 3 is 2.26 bits per heavy atom. The molecule has 0 unspecified atom stereocenters. The lowest BCUT2D eigenvalue weighted by atomic mass is 10.0. The molecule has 0 saturated heterocycles. The molecule has 0 aliphatic carbocycles. The highest BCUT2D eigenvalue weighted by molar-refractivity contribution is 7.91. The summed E-state index contributed by atoms with van der Waals surface area (Å²) in [6.45, 7) is 0.0747. The van der Waals surface area contributed by atoms with Crippen molar-refractivity contribution in [2.24, 2.45) is 0 Å². The zero-order valence-electron chi connectivity index (χ0n) is 14.1. The molecular weight excluding hydrogens is 364 g/mol. The van der Waals surface area contributed by atoms with Crippen LogP contribution < -0.4 is 0 Å². The van der Waals surface area contributed by atoms with Crippen LogP contribution in [-0.4, -0.2) is 20.2 Å². The number of carbonyl (C=O) groups is 2. The molecule has 3 aromatic rings. The zero-order chi connectivity index (χ0) is 19.0. The average molecular weight is 378 g/mol. The molecular formula is C21H14O5S. The molecule has 0 atom stereocenters. The van der Waals surface area contributed by atoms with Gasteiger partial charge in [0, 0.05) is 11.1 Å². The molecule has 1 heterocycles. The molecule has 0 N–H and O–H groups in total. The SMILES string of the molecule is O=C(OCc1ccccc1)c1ccc2c(c1)S(=O)(=O)c1ccccc1C2=O. The quantitative estimate of drug-likeness (QED) is 0.511. The van der Waals surface area contributed by atoms with Crippen molar-refractivity contribution in [2.75, 3.05) is 0 Å². The smallest absolute Gasteiger partial charge is 0.338 e. The van der Waals surface area contributed by atoms with Gasteiger partial charge in [-0.15, -0.1) is 0 Å². The first kappa shape index (κ1) is 17.2. The number of rotatable bonds is 3. The number of fused-ring (bicyclic) bond motifs is 2. The number of hydrogen-bond donors (Lipinski definition) is 0. The van der Waals surface area contributed by atoms with Crippen molar-refractivity contribution < 1.29 is 22.7 Å². The second kappa shape index (κ2) is 6.48. The molecule has 1 aliphatic rings. The first-order chi connectivity index (χ1) is 13.0. The third-order valence-electron chi connectivity index (χ3n) is 4.39. The van der Waals surface area contributed by atoms with E-state index in [0.29, 0.717) is 0 Å². The van der Waals surface area contributed by atoms with E-state index in [9.17, 15) is 18.0 Å². The predicted molar refractivity (Wildman–Crippen MR) is 97.3 cm³/mol. The minimum Gasteiger partial charge on any atom is -0.457 e. The third kappa shape index (κ3) is 2.94. The Labute approximate surface area is 156 Å². The number of carbonyl (C=O) groups excluding carboxylic acids is 2. The van der Waals surface area contributed by atoms with Gasteiger partial charge in [0.15, 0.2) is 5.78 Å². The maximum absolute atomic E-state index is 12.9. The van der Waals surface area contributed by atoms with Gasteiger partial charge in [0.1, 0.15) is 6.61 Å². The summed E-state index contributed by atoms with van der Waals surface area (Å²) in [5.74, 6) is -1.03. The van der Waals surface area contributed by atoms with Gasteiger partial charge >= 0.3 is 5.97 Å². The summed E-state index contributed by atoms with van der Waals surface area (Å²) < 4.78 is 31.0. The summed E-state index contributed by atoms with van der Waals surface area (Å²) >= 11 is 0. The van der Waals surface area contributed by atoms with Gasteiger partial charge < -0.3 is 4.74 Å². The molecule has 0 radical (unpaired) electrons. The van der Waals surface area contributed by atoms with Crippen LogP contribution in [0, 0.1) is 0 Å². The minimum absolute atomic E-state index is 0.0442. The standard InChI is InChI=1S/C21H14O5S/c22-20-16-8-4-5-9-18(16)27(24,25)19-12-15(10-11-17(19)20)21(23)26-13-14-6-2-1-3-7-14/h1-12H,13H2. The van der Waals surface area contributed by atoms with Gasteiger partial charge in [-0.1, -0.05) is 42.5 Å². The van der Waals surface area contributed by atoms with Gasteiger partial charge in [-0.05, 0) is 35.9 Å². The van der Waals surface area contributed by atoms with Gasteiger partial charge in [-0.3, -0.25) is 4.79 Å². The Kier molecular flexibility index (Phi) is 4.12. The van der Waals surface area contributed by atoms with Crippen molar-refractivity contribution >= 4 is 21.6 Å². The van der Waals surface area contributed by atoms with Crippen LogP contribution in [0.25, 0.3) is 0 Å². The van der Waals surface area contributed by atoms with Crippen molar-refractivity contribution in [1.82, 2.24) is 0 Å². The van der Waals surface area contributed by atoms with Crippen molar-refractivity contribution in [3.63, 3.8) is 0 Å². The molecule has 0 amide bonds. The lowest BCUT2D eigenvalue weighted by Gasteiger charge is -2.19. The lowest BCUT2D eigenvalue weighted by molar-refractivity contribution is 0.0472. The topological polar surface area (TPSA) is 77.5 Å². The third-order valence-corrected chi connectivity index (χ3v) is 6.24. The van der Waals surface area contributed by atoms with Crippen LogP contribution in [0.15, 0.2) is 82.6 Å². The summed E-state index contributed by atoms with van der Waals surface area (Å²) in [7, 11) is -3.89. The van der Waals surface area contributed by atoms with Crippen LogP contribution in [-0.2, 0) is 21.2 Å². The fourth-order valence-corrected chi connectivity index (χ4v) is 4.70. The van der Waals surface area contributed by atoms with Crippen LogP contribution in [0.2, 0.25) is 0 Å². The van der Waals surface area contributed by atoms with Crippen LogP contribution in [0.4, 0.5) is 0 Å². The molecule has 0 spiro atoms. The van der Waals surface area contributed by atoms with E-state index < -0.39 is 15.8 Å². The highest BCUT2D eigenvalue weighted by Crippen LogP contribution is 2.34. The molecule has 3 aromatic carbocycles. The molecule has 1 aliphatic heterocycles. The van der Waals surface area contributed by atoms with Gasteiger partial charge in [0.05, 0.1) is 15.4 Å². The molecule has 0 bridgehead atoms. The maximum atomic E-state index is 12.9. The summed E-state index contributed by atoms with van der Waals surface area (Å²) in [4.78, 5) is 24.7. The fraction of sp³-hybridized carbons (Fsp3) is 0.0476. The Morgan fingerprint density at radius 1 is 0.815 bits per heavy atom. The Morgan fingerprint density at radius 2 is 1.48 bits per heavy atom. The van der Waals surface area contributed by atoms with Gasteiger partial charge in [0.25, 0.3) is 0 Å². The van der Waals surface area contributed by atoms with Crippen molar-refractivity contribution in [2.45, 2.75) is 16.4 Å². The number of ether oxygens (including phenoxy) is 1. The molecule has 0 aromatic heterocycles. The summed E-state index contributed by atoms with van der Waals surface area (Å²) in [6.07, 6.45) is 0. The van der Waals surface area contributed by atoms with Gasteiger partial charge in [-0.25, -0.2) is 13.2 Å². The second-order valence-electron chi connectivity index (χ2n) is 6.10. The van der Waals surface area contributed by atoms with Crippen LogP contribution in [0.1, 0.15) is 31.8 Å². The number of benzene rings is 3. The summed E-state index contributed by atoms with van der Waals surface area (Å²) in [5, 5.41) is 0. The highest BCUT2D eigenvalue weighted by atomic mass is 32.2. The van der Waals surface area contributed by atoms with Crippen LogP contribution >= 0.6 is 0 Å². The molecule has 4 rings (SSSR count). The van der Waals surface area contributed by atoms with E-state index in [0.717, 1.165) is 5.56 Å². The van der Waals surface area contributed by atoms with Crippen LogP contribution in [0.5, 0.6) is 0 Å². The van der Waals surface area contributed by atoms with E-state index >= 15 is 0 Å². The Balaban J connectivity index is 1.68. The maximum Gasteiger partial charge on any atom is 0.338 e. The zero-order valence-corrected chi connectivity index (χ0v) is 14.9. The molecule has 0 saturated carbocycles. The van der Waals surface area contributed by atoms with Crippen molar-refractivity contribution in [3.05, 3.63) is 95.1 Å². The van der Waals surface area contributed by atoms with E-state index in [1.54, 1.807) is 12.1 Å². The first-order valence-corrected chi connectivity index (χ1v) is 9.71. The minimum atomic E-state index is -3.89. The average Bonchev–Trinajstić information content (AvgIpc) is 2.71. The molecule has 0 fully saturated rings. The van der Waals surface area contributed by atoms with E-state index in [1.165, 1.54) is 30.3 Å². The second-order valence-corrected chi connectivity index (χ2v) is 7.99. The van der Waals surface area contributed by atoms with Crippen molar-refractivity contribution in [1.29, 1.82) is 0 Å². The number of ketones is 1. The summed E-state index contributed by atoms with van der Waals surface area (Å²) in [5.41, 5.74) is 1.11. The lowest BCUT2D eigenvalue weighted by Crippen LogP contribution is -2.21. The monoisotopic (exact) mass is 378 g/mol. The highest BCUT2D eigenvalue weighted by Gasteiger charge is 2.35. The van der Waals surface area contributed by atoms with Crippen LogP contribution in [0.3, 0.4) is 0 Å². The normalized spacial score (nSPS) is 14.1. The molecule has 134 valence electrons. The van der Waals surface area contributed by atoms with E-state index in [4.69, 9.17) is 4.74 Å². The largest absolute Gasteiger partial charge is 0.457 e. The number of esters is 1. The van der Waals surface area contributed by atoms with E-state index in [1.807, 2.05) is 30.3 Å². The van der Waals surface area contributed by atoms with Crippen molar-refractivity contribution in [3.8, 4) is 0 Å². The molecule has 6 heteroatoms. The number of hydrogen-bond acceptors (Lipinski definition) is 5. The first-order valence-electron chi connectivity index (χ1n) is 8.22. The van der Waals surface area contributed by atoms with Gasteiger partial charge in [0.2, 0.25) is 9.84 Å². The number of sulfone groups is 1.